The largest absolute Gasteiger partial charge is 0.396 e. The topological polar surface area (TPSA) is 128 Å². The minimum Gasteiger partial charge on any atom is -0.396 e. The first kappa shape index (κ1) is 13.1. The zero-order valence-corrected chi connectivity index (χ0v) is 10.6. The third-order valence-corrected chi connectivity index (χ3v) is 2.57. The predicted molar refractivity (Wildman–Crippen MR) is 68.6 cm³/mol. The Balaban J connectivity index is 2.21. The van der Waals surface area contributed by atoms with E-state index in [1.165, 1.54) is 17.3 Å². The van der Waals surface area contributed by atoms with Gasteiger partial charge in [0, 0.05) is 12.6 Å². The molecule has 2 heterocycles. The molecule has 0 bridgehead atoms. The number of aromatic nitrogens is 6. The molecule has 4 N–H and O–H groups in total. The molecule has 9 nitrogen and oxygen atoms in total. The van der Waals surface area contributed by atoms with E-state index in [0.717, 1.165) is 6.42 Å². The maximum Gasteiger partial charge on any atom is 0.258 e. The van der Waals surface area contributed by atoms with Crippen molar-refractivity contribution in [3.8, 4) is 5.95 Å². The highest BCUT2D eigenvalue weighted by atomic mass is 16.3. The van der Waals surface area contributed by atoms with Crippen LogP contribution >= 0.6 is 0 Å². The van der Waals surface area contributed by atoms with E-state index in [1.54, 1.807) is 0 Å². The Morgan fingerprint density at radius 3 is 2.89 bits per heavy atom. The van der Waals surface area contributed by atoms with E-state index in [9.17, 15) is 0 Å². The number of aliphatic hydroxyl groups excluding tert-OH is 1. The van der Waals surface area contributed by atoms with E-state index >= 15 is 0 Å². The first-order valence-corrected chi connectivity index (χ1v) is 5.97. The number of aliphatic hydroxyl groups is 1. The molecule has 0 radical (unpaired) electrons. The van der Waals surface area contributed by atoms with Crippen molar-refractivity contribution in [2.45, 2.75) is 25.8 Å². The number of nitrogens with zero attached hydrogens (tertiary/aromatic N) is 6. The van der Waals surface area contributed by atoms with Gasteiger partial charge < -0.3 is 16.2 Å². The number of nitrogens with two attached hydrogens (primary N) is 1. The summed E-state index contributed by atoms with van der Waals surface area (Å²) in [6.07, 6.45) is 4.31. The van der Waals surface area contributed by atoms with Gasteiger partial charge in [0.25, 0.3) is 5.95 Å². The molecule has 102 valence electrons. The normalized spacial score (nSPS) is 12.3. The maximum atomic E-state index is 8.96. The van der Waals surface area contributed by atoms with Gasteiger partial charge in [-0.05, 0) is 12.8 Å². The van der Waals surface area contributed by atoms with Crippen molar-refractivity contribution in [2.75, 3.05) is 17.7 Å². The third-order valence-electron chi connectivity index (χ3n) is 2.57. The number of hydrogen-bond acceptors (Lipinski definition) is 8. The molecule has 0 spiro atoms. The Bertz CT molecular complexity index is 514. The van der Waals surface area contributed by atoms with E-state index < -0.39 is 0 Å². The first-order valence-electron chi connectivity index (χ1n) is 5.97. The van der Waals surface area contributed by atoms with Crippen molar-refractivity contribution < 1.29 is 5.11 Å². The lowest BCUT2D eigenvalue weighted by molar-refractivity contribution is 0.278. The fraction of sp³-hybridized carbons (Fsp3) is 0.500. The summed E-state index contributed by atoms with van der Waals surface area (Å²) in [7, 11) is 0. The van der Waals surface area contributed by atoms with Crippen LogP contribution in [0.3, 0.4) is 0 Å². The van der Waals surface area contributed by atoms with E-state index in [4.69, 9.17) is 10.8 Å². The summed E-state index contributed by atoms with van der Waals surface area (Å²) in [6, 6.07) is 0.0791. The second kappa shape index (κ2) is 6.05. The molecule has 0 aliphatic heterocycles. The summed E-state index contributed by atoms with van der Waals surface area (Å²) in [5, 5.41) is 16.0. The van der Waals surface area contributed by atoms with Gasteiger partial charge in [0.1, 0.15) is 12.7 Å². The van der Waals surface area contributed by atoms with Gasteiger partial charge in [0.2, 0.25) is 11.9 Å². The van der Waals surface area contributed by atoms with Crippen LogP contribution in [-0.2, 0) is 0 Å². The minimum absolute atomic E-state index is 0.0791. The van der Waals surface area contributed by atoms with E-state index in [-0.39, 0.29) is 18.6 Å². The van der Waals surface area contributed by atoms with Crippen molar-refractivity contribution in [1.82, 2.24) is 29.7 Å². The van der Waals surface area contributed by atoms with Gasteiger partial charge in [-0.2, -0.15) is 24.7 Å². The number of nitrogen functional groups attached to an aromatic ring is 1. The summed E-state index contributed by atoms with van der Waals surface area (Å²) in [4.78, 5) is 16.0. The lowest BCUT2D eigenvalue weighted by atomic mass is 10.2. The molecule has 0 saturated carbocycles. The lowest BCUT2D eigenvalue weighted by Crippen LogP contribution is -2.22. The van der Waals surface area contributed by atoms with E-state index in [1.807, 2.05) is 6.92 Å². The molecular weight excluding hydrogens is 248 g/mol. The van der Waals surface area contributed by atoms with E-state index in [2.05, 4.69) is 30.4 Å². The average molecular weight is 264 g/mol. The molecule has 0 aromatic carbocycles. The molecule has 0 aliphatic carbocycles. The zero-order valence-electron chi connectivity index (χ0n) is 10.6. The van der Waals surface area contributed by atoms with Crippen molar-refractivity contribution in [1.29, 1.82) is 0 Å². The van der Waals surface area contributed by atoms with Gasteiger partial charge in [-0.1, -0.05) is 6.92 Å². The Labute approximate surface area is 109 Å². The number of rotatable bonds is 6. The predicted octanol–water partition coefficient (Wildman–Crippen LogP) is -0.393. The standard InChI is InChI=1S/C10H16N8O/c1-2-7(3-4-19)14-9-15-8(11)16-10(17-9)18-6-12-5-13-18/h5-7,19H,2-4H2,1H3,(H3,11,14,15,16,17). The summed E-state index contributed by atoms with van der Waals surface area (Å²) in [5.41, 5.74) is 5.64. The quantitative estimate of drug-likeness (QED) is 0.643. The van der Waals surface area contributed by atoms with Crippen LogP contribution < -0.4 is 11.1 Å². The van der Waals surface area contributed by atoms with Crippen molar-refractivity contribution in [3.05, 3.63) is 12.7 Å². The highest BCUT2D eigenvalue weighted by Gasteiger charge is 2.11. The highest BCUT2D eigenvalue weighted by Crippen LogP contribution is 2.09. The summed E-state index contributed by atoms with van der Waals surface area (Å²) in [6.45, 7) is 2.11. The van der Waals surface area contributed by atoms with Crippen LogP contribution in [0.1, 0.15) is 19.8 Å². The molecule has 2 rings (SSSR count). The SMILES string of the molecule is CCC(CCO)Nc1nc(N)nc(-n2cncn2)n1. The van der Waals surface area contributed by atoms with Crippen LogP contribution in [0.25, 0.3) is 5.95 Å². The molecule has 0 saturated heterocycles. The lowest BCUT2D eigenvalue weighted by Gasteiger charge is -2.15. The van der Waals surface area contributed by atoms with Gasteiger partial charge >= 0.3 is 0 Å². The maximum absolute atomic E-state index is 8.96. The van der Waals surface area contributed by atoms with Gasteiger partial charge in [-0.3, -0.25) is 0 Å². The average Bonchev–Trinajstić information content (AvgIpc) is 2.91. The molecule has 2 aromatic heterocycles. The van der Waals surface area contributed by atoms with Crippen molar-refractivity contribution >= 4 is 11.9 Å². The van der Waals surface area contributed by atoms with Crippen LogP contribution in [0.2, 0.25) is 0 Å². The summed E-state index contributed by atoms with van der Waals surface area (Å²) >= 11 is 0. The van der Waals surface area contributed by atoms with Crippen LogP contribution in [-0.4, -0.2) is 47.5 Å². The molecule has 1 atom stereocenters. The zero-order chi connectivity index (χ0) is 13.7. The van der Waals surface area contributed by atoms with Gasteiger partial charge in [-0.15, -0.1) is 0 Å². The second-order valence-electron chi connectivity index (χ2n) is 3.92. The number of hydrogen-bond donors (Lipinski definition) is 3. The molecule has 1 unspecified atom stereocenters. The molecule has 9 heteroatoms. The Hall–Kier alpha value is -2.29. The first-order chi connectivity index (χ1) is 9.22. The molecule has 2 aromatic rings. The van der Waals surface area contributed by atoms with Gasteiger partial charge in [-0.25, -0.2) is 4.98 Å². The second-order valence-corrected chi connectivity index (χ2v) is 3.92. The molecule has 0 amide bonds. The summed E-state index contributed by atoms with van der Waals surface area (Å²) < 4.78 is 1.40. The fourth-order valence-electron chi connectivity index (χ4n) is 1.58. The van der Waals surface area contributed by atoms with Crippen LogP contribution in [0.5, 0.6) is 0 Å². The van der Waals surface area contributed by atoms with Gasteiger partial charge in [0.15, 0.2) is 0 Å². The Morgan fingerprint density at radius 1 is 1.42 bits per heavy atom. The van der Waals surface area contributed by atoms with Crippen molar-refractivity contribution in [3.63, 3.8) is 0 Å². The molecule has 0 aliphatic rings. The Morgan fingerprint density at radius 2 is 2.26 bits per heavy atom. The monoisotopic (exact) mass is 264 g/mol. The molecular formula is C10H16N8O. The van der Waals surface area contributed by atoms with Crippen LogP contribution in [0.15, 0.2) is 12.7 Å². The molecule has 0 fully saturated rings. The Kier molecular flexibility index (Phi) is 4.18. The number of nitrogens with one attached hydrogen (secondary N) is 1. The third kappa shape index (κ3) is 3.35. The molecule has 19 heavy (non-hydrogen) atoms. The van der Waals surface area contributed by atoms with Gasteiger partial charge in [0.05, 0.1) is 0 Å². The van der Waals surface area contributed by atoms with Crippen LogP contribution in [0.4, 0.5) is 11.9 Å². The minimum atomic E-state index is 0.0791. The summed E-state index contributed by atoms with van der Waals surface area (Å²) in [5.74, 6) is 0.756. The fourth-order valence-corrected chi connectivity index (χ4v) is 1.58. The van der Waals surface area contributed by atoms with Crippen molar-refractivity contribution in [2.24, 2.45) is 0 Å². The van der Waals surface area contributed by atoms with Crippen LogP contribution in [0, 0.1) is 0 Å². The highest BCUT2D eigenvalue weighted by molar-refractivity contribution is 5.35. The smallest absolute Gasteiger partial charge is 0.258 e. The van der Waals surface area contributed by atoms with E-state index in [0.29, 0.717) is 18.3 Å². The number of anilines is 2.